The Morgan fingerprint density at radius 1 is 1.44 bits per heavy atom. The molecule has 1 heterocycles. The molecule has 0 unspecified atom stereocenters. The van der Waals surface area contributed by atoms with Crippen molar-refractivity contribution in [2.24, 2.45) is 11.1 Å². The highest BCUT2D eigenvalue weighted by Crippen LogP contribution is 2.33. The van der Waals surface area contributed by atoms with Gasteiger partial charge in [-0.3, -0.25) is 4.79 Å². The van der Waals surface area contributed by atoms with Crippen LogP contribution in [0.4, 0.5) is 0 Å². The molecule has 3 N–H and O–H groups in total. The first-order valence-electron chi connectivity index (χ1n) is 6.30. The van der Waals surface area contributed by atoms with Crippen molar-refractivity contribution in [3.8, 4) is 0 Å². The van der Waals surface area contributed by atoms with Crippen molar-refractivity contribution in [2.75, 3.05) is 20.3 Å². The van der Waals surface area contributed by atoms with E-state index in [0.29, 0.717) is 26.1 Å². The molecule has 1 aliphatic carbocycles. The summed E-state index contributed by atoms with van der Waals surface area (Å²) in [6.45, 7) is 1.08. The average Bonchev–Trinajstić information content (AvgIpc) is 2.33. The Morgan fingerprint density at radius 2 is 2.06 bits per heavy atom. The number of carbonyl (C=O) groups excluding carboxylic acids is 1. The van der Waals surface area contributed by atoms with Crippen LogP contribution in [0.2, 0.25) is 0 Å². The number of hydrogen-bond donors (Lipinski definition) is 2. The van der Waals surface area contributed by atoms with E-state index in [1.807, 2.05) is 0 Å². The van der Waals surface area contributed by atoms with E-state index < -0.39 is 5.41 Å². The molecule has 0 aromatic carbocycles. The quantitative estimate of drug-likeness (QED) is 0.723. The van der Waals surface area contributed by atoms with Crippen LogP contribution < -0.4 is 11.1 Å². The Kier molecular flexibility index (Phi) is 4.19. The Balaban J connectivity index is 1.94. The minimum atomic E-state index is -0.717. The van der Waals surface area contributed by atoms with Gasteiger partial charge in [0.2, 0.25) is 5.91 Å². The number of ether oxygens (including phenoxy) is 2. The second kappa shape index (κ2) is 5.50. The SMILES string of the molecule is COC1CC(NC(=O)C2(C(N)=S)CCOCC2)C1. The van der Waals surface area contributed by atoms with Crippen molar-refractivity contribution >= 4 is 23.1 Å². The van der Waals surface area contributed by atoms with Gasteiger partial charge in [0.15, 0.2) is 0 Å². The fourth-order valence-corrected chi connectivity index (χ4v) is 2.80. The van der Waals surface area contributed by atoms with Crippen molar-refractivity contribution < 1.29 is 14.3 Å². The molecule has 1 amide bonds. The normalized spacial score (nSPS) is 30.3. The summed E-state index contributed by atoms with van der Waals surface area (Å²) >= 11 is 5.09. The van der Waals surface area contributed by atoms with Crippen LogP contribution in [0.15, 0.2) is 0 Å². The molecule has 0 aromatic rings. The highest BCUT2D eigenvalue weighted by molar-refractivity contribution is 7.80. The molecule has 0 aromatic heterocycles. The molecule has 0 radical (unpaired) electrons. The number of hydrogen-bond acceptors (Lipinski definition) is 4. The zero-order valence-corrected chi connectivity index (χ0v) is 11.4. The van der Waals surface area contributed by atoms with Crippen LogP contribution in [0.5, 0.6) is 0 Å². The van der Waals surface area contributed by atoms with Gasteiger partial charge in [0.25, 0.3) is 0 Å². The largest absolute Gasteiger partial charge is 0.392 e. The van der Waals surface area contributed by atoms with Gasteiger partial charge in [0, 0.05) is 26.4 Å². The Morgan fingerprint density at radius 3 is 2.56 bits per heavy atom. The lowest BCUT2D eigenvalue weighted by molar-refractivity contribution is -0.133. The van der Waals surface area contributed by atoms with E-state index in [-0.39, 0.29) is 23.0 Å². The van der Waals surface area contributed by atoms with E-state index in [2.05, 4.69) is 5.32 Å². The summed E-state index contributed by atoms with van der Waals surface area (Å²) in [7, 11) is 1.69. The standard InChI is InChI=1S/C12H20N2O3S/c1-16-9-6-8(7-9)14-11(15)12(10(13)18)2-4-17-5-3-12/h8-9H,2-7H2,1H3,(H2,13,18)(H,14,15). The first-order chi connectivity index (χ1) is 8.58. The van der Waals surface area contributed by atoms with Crippen LogP contribution in [0.1, 0.15) is 25.7 Å². The predicted octanol–water partition coefficient (Wildman–Crippen LogP) is 0.363. The monoisotopic (exact) mass is 272 g/mol. The lowest BCUT2D eigenvalue weighted by Crippen LogP contribution is -2.57. The topological polar surface area (TPSA) is 73.6 Å². The summed E-state index contributed by atoms with van der Waals surface area (Å²) in [4.78, 5) is 12.7. The van der Waals surface area contributed by atoms with Gasteiger partial charge in [0.1, 0.15) is 5.41 Å². The first-order valence-corrected chi connectivity index (χ1v) is 6.71. The van der Waals surface area contributed by atoms with Crippen LogP contribution >= 0.6 is 12.2 Å². The Bertz CT molecular complexity index is 336. The molecule has 0 bridgehead atoms. The molecular weight excluding hydrogens is 252 g/mol. The van der Waals surface area contributed by atoms with Crippen molar-refractivity contribution in [1.29, 1.82) is 0 Å². The van der Waals surface area contributed by atoms with Crippen LogP contribution in [0.3, 0.4) is 0 Å². The molecule has 1 saturated heterocycles. The number of nitrogens with one attached hydrogen (secondary N) is 1. The smallest absolute Gasteiger partial charge is 0.233 e. The van der Waals surface area contributed by atoms with Crippen LogP contribution in [0.25, 0.3) is 0 Å². The predicted molar refractivity (Wildman–Crippen MR) is 71.2 cm³/mol. The molecule has 5 nitrogen and oxygen atoms in total. The molecule has 1 saturated carbocycles. The van der Waals surface area contributed by atoms with E-state index >= 15 is 0 Å². The maximum atomic E-state index is 12.4. The summed E-state index contributed by atoms with van der Waals surface area (Å²) in [5.41, 5.74) is 5.07. The summed E-state index contributed by atoms with van der Waals surface area (Å²) in [6, 6.07) is 0.191. The number of thiocarbonyl (C=S) groups is 1. The molecule has 18 heavy (non-hydrogen) atoms. The molecule has 0 spiro atoms. The lowest BCUT2D eigenvalue weighted by Gasteiger charge is -2.40. The molecular formula is C12H20N2O3S. The number of nitrogens with two attached hydrogens (primary N) is 1. The summed E-state index contributed by atoms with van der Waals surface area (Å²) in [5.74, 6) is -0.0437. The third-order valence-electron chi connectivity index (χ3n) is 4.02. The molecule has 1 aliphatic heterocycles. The molecule has 2 fully saturated rings. The average molecular weight is 272 g/mol. The molecule has 0 atom stereocenters. The Hall–Kier alpha value is -0.720. The Labute approximate surface area is 112 Å². The van der Waals surface area contributed by atoms with E-state index in [0.717, 1.165) is 12.8 Å². The third kappa shape index (κ3) is 2.50. The number of rotatable bonds is 4. The second-order valence-electron chi connectivity index (χ2n) is 5.06. The summed E-state index contributed by atoms with van der Waals surface area (Å²) in [5, 5.41) is 3.03. The highest BCUT2D eigenvalue weighted by Gasteiger charge is 2.44. The number of amides is 1. The van der Waals surface area contributed by atoms with Gasteiger partial charge in [-0.15, -0.1) is 0 Å². The molecule has 2 aliphatic rings. The van der Waals surface area contributed by atoms with Crippen LogP contribution in [-0.2, 0) is 14.3 Å². The molecule has 2 rings (SSSR count). The maximum absolute atomic E-state index is 12.4. The van der Waals surface area contributed by atoms with Crippen molar-refractivity contribution in [2.45, 2.75) is 37.8 Å². The van der Waals surface area contributed by atoms with Gasteiger partial charge in [0.05, 0.1) is 11.1 Å². The third-order valence-corrected chi connectivity index (χ3v) is 4.41. The van der Waals surface area contributed by atoms with E-state index in [1.54, 1.807) is 7.11 Å². The van der Waals surface area contributed by atoms with Crippen molar-refractivity contribution in [3.63, 3.8) is 0 Å². The van der Waals surface area contributed by atoms with Gasteiger partial charge in [-0.05, 0) is 25.7 Å². The summed E-state index contributed by atoms with van der Waals surface area (Å²) in [6.07, 6.45) is 3.16. The molecule has 6 heteroatoms. The van der Waals surface area contributed by atoms with E-state index in [4.69, 9.17) is 27.4 Å². The van der Waals surface area contributed by atoms with Crippen LogP contribution in [0, 0.1) is 5.41 Å². The zero-order chi connectivity index (χ0) is 13.2. The fourth-order valence-electron chi connectivity index (χ4n) is 2.50. The minimum Gasteiger partial charge on any atom is -0.392 e. The first kappa shape index (κ1) is 13.7. The number of carbonyl (C=O) groups is 1. The van der Waals surface area contributed by atoms with E-state index in [1.165, 1.54) is 0 Å². The van der Waals surface area contributed by atoms with Crippen molar-refractivity contribution in [1.82, 2.24) is 5.32 Å². The van der Waals surface area contributed by atoms with Gasteiger partial charge in [-0.25, -0.2) is 0 Å². The minimum absolute atomic E-state index is 0.0437. The number of methoxy groups -OCH3 is 1. The second-order valence-corrected chi connectivity index (χ2v) is 5.50. The maximum Gasteiger partial charge on any atom is 0.233 e. The summed E-state index contributed by atoms with van der Waals surface area (Å²) < 4.78 is 10.5. The fraction of sp³-hybridized carbons (Fsp3) is 0.833. The van der Waals surface area contributed by atoms with Gasteiger partial charge < -0.3 is 20.5 Å². The molecule has 102 valence electrons. The van der Waals surface area contributed by atoms with Crippen LogP contribution in [-0.4, -0.2) is 43.4 Å². The van der Waals surface area contributed by atoms with Gasteiger partial charge in [-0.1, -0.05) is 12.2 Å². The lowest BCUT2D eigenvalue weighted by atomic mass is 9.78. The van der Waals surface area contributed by atoms with Gasteiger partial charge in [-0.2, -0.15) is 0 Å². The van der Waals surface area contributed by atoms with E-state index in [9.17, 15) is 4.79 Å². The highest BCUT2D eigenvalue weighted by atomic mass is 32.1. The van der Waals surface area contributed by atoms with Crippen molar-refractivity contribution in [3.05, 3.63) is 0 Å². The zero-order valence-electron chi connectivity index (χ0n) is 10.6. The van der Waals surface area contributed by atoms with Gasteiger partial charge >= 0.3 is 0 Å².